The molecular formula is C29H17BN2O3S. The molecule has 0 aromatic heterocycles. The lowest BCUT2D eigenvalue weighted by Gasteiger charge is -2.44. The molecule has 3 aliphatic rings. The zero-order chi connectivity index (χ0) is 24.2. The molecule has 36 heavy (non-hydrogen) atoms. The van der Waals surface area contributed by atoms with Gasteiger partial charge in [0.05, 0.1) is 26.9 Å². The Bertz CT molecular complexity index is 1900. The van der Waals surface area contributed by atoms with Crippen molar-refractivity contribution in [2.24, 2.45) is 0 Å². The fourth-order valence-corrected chi connectivity index (χ4v) is 7.75. The van der Waals surface area contributed by atoms with Crippen molar-refractivity contribution < 1.29 is 13.2 Å². The largest absolute Gasteiger partial charge is 0.338 e. The van der Waals surface area contributed by atoms with Crippen LogP contribution >= 0.6 is 0 Å². The number of urea groups is 1. The Labute approximate surface area is 208 Å². The summed E-state index contributed by atoms with van der Waals surface area (Å²) in [5.74, 6) is 0. The van der Waals surface area contributed by atoms with Gasteiger partial charge in [0.2, 0.25) is 16.6 Å². The van der Waals surface area contributed by atoms with Crippen LogP contribution in [-0.2, 0) is 9.84 Å². The van der Waals surface area contributed by atoms with Crippen LogP contribution in [0.4, 0.5) is 27.5 Å². The van der Waals surface area contributed by atoms with E-state index in [1.165, 1.54) is 0 Å². The van der Waals surface area contributed by atoms with Gasteiger partial charge >= 0.3 is 6.03 Å². The van der Waals surface area contributed by atoms with Crippen LogP contribution in [0.3, 0.4) is 0 Å². The molecule has 2 amide bonds. The zero-order valence-electron chi connectivity index (χ0n) is 18.9. The second-order valence-electron chi connectivity index (χ2n) is 9.34. The van der Waals surface area contributed by atoms with Gasteiger partial charge in [-0.15, -0.1) is 0 Å². The fourth-order valence-electron chi connectivity index (χ4n) is 6.12. The number of anilines is 4. The van der Waals surface area contributed by atoms with Crippen molar-refractivity contribution in [2.45, 2.75) is 9.79 Å². The van der Waals surface area contributed by atoms with Crippen molar-refractivity contribution in [2.75, 3.05) is 9.80 Å². The fraction of sp³-hybridized carbons (Fsp3) is 0. The van der Waals surface area contributed by atoms with Gasteiger partial charge in [-0.1, -0.05) is 84.3 Å². The highest BCUT2D eigenvalue weighted by atomic mass is 32.2. The van der Waals surface area contributed by atoms with Gasteiger partial charge in [0.1, 0.15) is 0 Å². The molecule has 3 aliphatic heterocycles. The molecule has 5 aromatic carbocycles. The summed E-state index contributed by atoms with van der Waals surface area (Å²) in [5.41, 5.74) is 5.59. The second-order valence-corrected chi connectivity index (χ2v) is 11.2. The number of carbonyl (C=O) groups excluding carboxylic acids is 1. The van der Waals surface area contributed by atoms with Gasteiger partial charge in [0.25, 0.3) is 0 Å². The Morgan fingerprint density at radius 1 is 0.583 bits per heavy atom. The molecule has 0 unspecified atom stereocenters. The van der Waals surface area contributed by atoms with E-state index in [9.17, 15) is 13.2 Å². The summed E-state index contributed by atoms with van der Waals surface area (Å²) in [7, 11) is -3.79. The molecule has 5 nitrogen and oxygen atoms in total. The molecule has 0 bridgehead atoms. The van der Waals surface area contributed by atoms with E-state index in [-0.39, 0.29) is 22.5 Å². The van der Waals surface area contributed by atoms with E-state index < -0.39 is 9.84 Å². The van der Waals surface area contributed by atoms with Crippen LogP contribution < -0.4 is 26.2 Å². The summed E-state index contributed by atoms with van der Waals surface area (Å²) in [6.45, 7) is -0.0826. The lowest BCUT2D eigenvalue weighted by atomic mass is 9.35. The average Bonchev–Trinajstić information content (AvgIpc) is 2.91. The Hall–Kier alpha value is -4.36. The first-order chi connectivity index (χ1) is 17.6. The van der Waals surface area contributed by atoms with Gasteiger partial charge in [0.15, 0.2) is 0 Å². The standard InChI is InChI=1S/C29H17BN2O3S/c33-29-31-22-11-5-4-10-20(22)30(19-8-2-1-3-9-19)21-16-14-18-15-17-25-28(26(18)27(21)31)32(29)23-12-6-7-13-24(23)36(25,34)35/h1-17H. The number of carbonyl (C=O) groups is 1. The highest BCUT2D eigenvalue weighted by molar-refractivity contribution is 7.92. The third-order valence-corrected chi connectivity index (χ3v) is 9.41. The Kier molecular flexibility index (Phi) is 3.68. The lowest BCUT2D eigenvalue weighted by Crippen LogP contribution is -2.60. The third-order valence-electron chi connectivity index (χ3n) is 7.57. The topological polar surface area (TPSA) is 57.7 Å². The Morgan fingerprint density at radius 2 is 1.25 bits per heavy atom. The second kappa shape index (κ2) is 6.65. The summed E-state index contributed by atoms with van der Waals surface area (Å²) >= 11 is 0. The van der Waals surface area contributed by atoms with Crippen molar-refractivity contribution in [3.05, 3.63) is 103 Å². The maximum Gasteiger partial charge on any atom is 0.338 e. The SMILES string of the molecule is O=C1N2c3ccccc3B(c3ccccc3)c3ccc4ccc5c(c4c32)N1c1ccccc1S5(=O)=O. The summed E-state index contributed by atoms with van der Waals surface area (Å²) < 4.78 is 27.4. The number of para-hydroxylation sites is 2. The molecule has 0 aliphatic carbocycles. The first-order valence-corrected chi connectivity index (χ1v) is 13.3. The molecular weight excluding hydrogens is 467 g/mol. The van der Waals surface area contributed by atoms with Gasteiger partial charge in [0, 0.05) is 11.1 Å². The number of benzene rings is 5. The minimum Gasteiger partial charge on any atom is -0.263 e. The van der Waals surface area contributed by atoms with E-state index in [0.29, 0.717) is 11.4 Å². The van der Waals surface area contributed by atoms with Gasteiger partial charge < -0.3 is 0 Å². The molecule has 0 atom stereocenters. The predicted octanol–water partition coefficient (Wildman–Crippen LogP) is 4.23. The Morgan fingerprint density at radius 3 is 2.08 bits per heavy atom. The maximum absolute atomic E-state index is 14.4. The van der Waals surface area contributed by atoms with Crippen molar-refractivity contribution in [1.82, 2.24) is 0 Å². The molecule has 5 aromatic rings. The first-order valence-electron chi connectivity index (χ1n) is 11.8. The first kappa shape index (κ1) is 19.9. The van der Waals surface area contributed by atoms with Gasteiger partial charge in [-0.05, 0) is 40.6 Å². The van der Waals surface area contributed by atoms with E-state index in [1.54, 1.807) is 40.1 Å². The number of hydrogen-bond donors (Lipinski definition) is 0. The van der Waals surface area contributed by atoms with E-state index >= 15 is 0 Å². The molecule has 170 valence electrons. The smallest absolute Gasteiger partial charge is 0.263 e. The normalized spacial score (nSPS) is 16.1. The third kappa shape index (κ3) is 2.26. The van der Waals surface area contributed by atoms with E-state index in [1.807, 2.05) is 48.5 Å². The Balaban J connectivity index is 1.57. The highest BCUT2D eigenvalue weighted by Crippen LogP contribution is 2.53. The molecule has 0 N–H and O–H groups in total. The summed E-state index contributed by atoms with van der Waals surface area (Å²) in [5, 5.41) is 1.69. The van der Waals surface area contributed by atoms with Crippen molar-refractivity contribution in [3.63, 3.8) is 0 Å². The van der Waals surface area contributed by atoms with Crippen LogP contribution in [0.15, 0.2) is 113 Å². The molecule has 0 saturated carbocycles. The summed E-state index contributed by atoms with van der Waals surface area (Å²) in [6, 6.07) is 32.3. The molecule has 0 radical (unpaired) electrons. The maximum atomic E-state index is 14.4. The monoisotopic (exact) mass is 484 g/mol. The number of rotatable bonds is 1. The average molecular weight is 484 g/mol. The molecule has 3 heterocycles. The zero-order valence-corrected chi connectivity index (χ0v) is 19.7. The number of sulfone groups is 1. The number of amides is 2. The molecule has 0 fully saturated rings. The van der Waals surface area contributed by atoms with Crippen LogP contribution in [0.1, 0.15) is 0 Å². The minimum absolute atomic E-state index is 0.0826. The molecule has 0 spiro atoms. The summed E-state index contributed by atoms with van der Waals surface area (Å²) in [4.78, 5) is 18.1. The van der Waals surface area contributed by atoms with Gasteiger partial charge in [-0.25, -0.2) is 13.2 Å². The van der Waals surface area contributed by atoms with Crippen LogP contribution in [0, 0.1) is 0 Å². The van der Waals surface area contributed by atoms with Gasteiger partial charge in [-0.2, -0.15) is 0 Å². The van der Waals surface area contributed by atoms with Crippen molar-refractivity contribution >= 4 is 72.5 Å². The predicted molar refractivity (Wildman–Crippen MR) is 143 cm³/mol. The number of hydrogen-bond acceptors (Lipinski definition) is 3. The molecule has 8 rings (SSSR count). The minimum atomic E-state index is -3.79. The highest BCUT2D eigenvalue weighted by Gasteiger charge is 2.48. The molecule has 0 saturated heterocycles. The van der Waals surface area contributed by atoms with Crippen LogP contribution in [-0.4, -0.2) is 21.2 Å². The number of fused-ring (bicyclic) bond motifs is 4. The van der Waals surface area contributed by atoms with Gasteiger partial charge in [-0.3, -0.25) is 9.80 Å². The lowest BCUT2D eigenvalue weighted by molar-refractivity contribution is 0.255. The van der Waals surface area contributed by atoms with Crippen LogP contribution in [0.2, 0.25) is 0 Å². The van der Waals surface area contributed by atoms with E-state index in [0.717, 1.165) is 38.5 Å². The quantitative estimate of drug-likeness (QED) is 0.335. The summed E-state index contributed by atoms with van der Waals surface area (Å²) in [6.07, 6.45) is 0. The van der Waals surface area contributed by atoms with Crippen molar-refractivity contribution in [1.29, 1.82) is 0 Å². The van der Waals surface area contributed by atoms with Crippen LogP contribution in [0.5, 0.6) is 0 Å². The van der Waals surface area contributed by atoms with E-state index in [2.05, 4.69) is 24.3 Å². The van der Waals surface area contributed by atoms with E-state index in [4.69, 9.17) is 0 Å². The molecule has 7 heteroatoms. The van der Waals surface area contributed by atoms with Crippen molar-refractivity contribution in [3.8, 4) is 0 Å². The number of nitrogens with zero attached hydrogens (tertiary/aromatic N) is 2. The van der Waals surface area contributed by atoms with Crippen LogP contribution in [0.25, 0.3) is 10.8 Å².